The van der Waals surface area contributed by atoms with E-state index in [1.165, 1.54) is 5.56 Å². The largest absolute Gasteiger partial charge is 0.398 e. The highest BCUT2D eigenvalue weighted by atomic mass is 35.5. The molecule has 2 rings (SSSR count). The van der Waals surface area contributed by atoms with Crippen LogP contribution in [0.4, 0.5) is 5.69 Å². The van der Waals surface area contributed by atoms with Crippen LogP contribution in [0, 0.1) is 13.8 Å². The van der Waals surface area contributed by atoms with Crippen molar-refractivity contribution < 1.29 is 4.21 Å². The topological polar surface area (TPSA) is 43.1 Å². The maximum Gasteiger partial charge on any atom is 0.0647 e. The Hall–Kier alpha value is -1.32. The SMILES string of the molecule is Cc1ccc(C)c(CS(=O)c2ccc(N)c(Cl)c2)c1. The molecule has 0 heterocycles. The van der Waals surface area contributed by atoms with Gasteiger partial charge in [0.2, 0.25) is 0 Å². The van der Waals surface area contributed by atoms with Crippen molar-refractivity contribution >= 4 is 28.1 Å². The number of anilines is 1. The monoisotopic (exact) mass is 293 g/mol. The molecule has 1 atom stereocenters. The first-order chi connectivity index (χ1) is 8.97. The van der Waals surface area contributed by atoms with Gasteiger partial charge in [-0.15, -0.1) is 0 Å². The zero-order chi connectivity index (χ0) is 14.0. The molecule has 4 heteroatoms. The van der Waals surface area contributed by atoms with Crippen molar-refractivity contribution in [2.45, 2.75) is 24.5 Å². The minimum absolute atomic E-state index is 0.451. The minimum atomic E-state index is -1.11. The Bertz CT molecular complexity index is 640. The molecule has 0 amide bonds. The molecule has 0 spiro atoms. The van der Waals surface area contributed by atoms with Crippen molar-refractivity contribution in [1.29, 1.82) is 0 Å². The number of hydrogen-bond donors (Lipinski definition) is 1. The van der Waals surface area contributed by atoms with E-state index in [1.54, 1.807) is 18.2 Å². The summed E-state index contributed by atoms with van der Waals surface area (Å²) in [5, 5.41) is 0.451. The number of rotatable bonds is 3. The van der Waals surface area contributed by atoms with Crippen LogP contribution >= 0.6 is 11.6 Å². The van der Waals surface area contributed by atoms with E-state index in [9.17, 15) is 4.21 Å². The summed E-state index contributed by atoms with van der Waals surface area (Å²) >= 11 is 5.96. The van der Waals surface area contributed by atoms with Gasteiger partial charge in [-0.2, -0.15) is 0 Å². The smallest absolute Gasteiger partial charge is 0.0647 e. The molecule has 2 aromatic rings. The Morgan fingerprint density at radius 1 is 1.16 bits per heavy atom. The van der Waals surface area contributed by atoms with Crippen LogP contribution in [0.2, 0.25) is 5.02 Å². The maximum absolute atomic E-state index is 12.4. The molecule has 0 aliphatic rings. The van der Waals surface area contributed by atoms with E-state index < -0.39 is 10.8 Å². The fourth-order valence-electron chi connectivity index (χ4n) is 1.83. The lowest BCUT2D eigenvalue weighted by atomic mass is 10.1. The average molecular weight is 294 g/mol. The van der Waals surface area contributed by atoms with E-state index >= 15 is 0 Å². The maximum atomic E-state index is 12.4. The molecule has 0 radical (unpaired) electrons. The van der Waals surface area contributed by atoms with E-state index in [2.05, 4.69) is 18.2 Å². The second kappa shape index (κ2) is 5.76. The van der Waals surface area contributed by atoms with Crippen molar-refractivity contribution in [3.63, 3.8) is 0 Å². The molecule has 0 saturated carbocycles. The van der Waals surface area contributed by atoms with Gasteiger partial charge in [-0.1, -0.05) is 35.4 Å². The van der Waals surface area contributed by atoms with Crippen LogP contribution in [0.25, 0.3) is 0 Å². The molecule has 0 saturated heterocycles. The first-order valence-electron chi connectivity index (χ1n) is 5.97. The third-order valence-electron chi connectivity index (χ3n) is 3.03. The summed E-state index contributed by atoms with van der Waals surface area (Å²) in [7, 11) is -1.11. The van der Waals surface area contributed by atoms with Gasteiger partial charge in [0.25, 0.3) is 0 Å². The summed E-state index contributed by atoms with van der Waals surface area (Å²) in [5.41, 5.74) is 9.59. The predicted molar refractivity (Wildman–Crippen MR) is 81.9 cm³/mol. The number of hydrogen-bond acceptors (Lipinski definition) is 2. The number of nitrogens with two attached hydrogens (primary N) is 1. The van der Waals surface area contributed by atoms with Crippen LogP contribution < -0.4 is 5.73 Å². The zero-order valence-corrected chi connectivity index (χ0v) is 12.5. The van der Waals surface area contributed by atoms with Gasteiger partial charge in [0, 0.05) is 4.90 Å². The summed E-state index contributed by atoms with van der Waals surface area (Å²) in [6.45, 7) is 4.06. The first-order valence-corrected chi connectivity index (χ1v) is 7.66. The molecule has 0 bridgehead atoms. The lowest BCUT2D eigenvalue weighted by Crippen LogP contribution is -2.00. The Labute approximate surface area is 121 Å². The van der Waals surface area contributed by atoms with Crippen molar-refractivity contribution in [3.05, 3.63) is 58.1 Å². The van der Waals surface area contributed by atoms with E-state index in [0.29, 0.717) is 21.4 Å². The Morgan fingerprint density at radius 3 is 2.58 bits per heavy atom. The third-order valence-corrected chi connectivity index (χ3v) is 4.71. The number of halogens is 1. The van der Waals surface area contributed by atoms with Gasteiger partial charge in [0.15, 0.2) is 0 Å². The fourth-order valence-corrected chi connectivity index (χ4v) is 3.30. The second-order valence-corrected chi connectivity index (χ2v) is 6.46. The van der Waals surface area contributed by atoms with Gasteiger partial charge in [-0.05, 0) is 43.2 Å². The van der Waals surface area contributed by atoms with Gasteiger partial charge in [-0.25, -0.2) is 0 Å². The lowest BCUT2D eigenvalue weighted by Gasteiger charge is -2.08. The quantitative estimate of drug-likeness (QED) is 0.874. The molecule has 0 aliphatic heterocycles. The summed E-state index contributed by atoms with van der Waals surface area (Å²) in [6, 6.07) is 11.3. The van der Waals surface area contributed by atoms with Crippen LogP contribution in [0.15, 0.2) is 41.3 Å². The Kier molecular flexibility index (Phi) is 4.27. The van der Waals surface area contributed by atoms with E-state index in [0.717, 1.165) is 11.1 Å². The number of nitrogen functional groups attached to an aromatic ring is 1. The summed E-state index contributed by atoms with van der Waals surface area (Å²) in [4.78, 5) is 0.708. The minimum Gasteiger partial charge on any atom is -0.398 e. The highest BCUT2D eigenvalue weighted by Crippen LogP contribution is 2.23. The standard InChI is InChI=1S/C15H16ClNOS/c1-10-3-4-11(2)12(7-10)9-19(18)13-5-6-15(17)14(16)8-13/h3-8H,9,17H2,1-2H3. The molecule has 1 unspecified atom stereocenters. The molecule has 19 heavy (non-hydrogen) atoms. The molecular weight excluding hydrogens is 278 g/mol. The summed E-state index contributed by atoms with van der Waals surface area (Å²) in [5.74, 6) is 0.494. The predicted octanol–water partition coefficient (Wildman–Crippen LogP) is 3.85. The lowest BCUT2D eigenvalue weighted by molar-refractivity contribution is 0.682. The van der Waals surface area contributed by atoms with Crippen molar-refractivity contribution in [3.8, 4) is 0 Å². The number of benzene rings is 2. The van der Waals surface area contributed by atoms with Crippen LogP contribution in [-0.4, -0.2) is 4.21 Å². The molecule has 0 aliphatic carbocycles. The summed E-state index contributed by atoms with van der Waals surface area (Å²) in [6.07, 6.45) is 0. The van der Waals surface area contributed by atoms with E-state index in [1.807, 2.05) is 13.8 Å². The van der Waals surface area contributed by atoms with Gasteiger partial charge >= 0.3 is 0 Å². The van der Waals surface area contributed by atoms with Gasteiger partial charge in [0.1, 0.15) is 0 Å². The molecule has 0 aromatic heterocycles. The molecule has 2 aromatic carbocycles. The number of aryl methyl sites for hydroxylation is 2. The van der Waals surface area contributed by atoms with Gasteiger partial charge < -0.3 is 5.73 Å². The molecule has 2 nitrogen and oxygen atoms in total. The van der Waals surface area contributed by atoms with Crippen LogP contribution in [-0.2, 0) is 16.6 Å². The molecule has 0 fully saturated rings. The van der Waals surface area contributed by atoms with Crippen LogP contribution in [0.1, 0.15) is 16.7 Å². The van der Waals surface area contributed by atoms with Gasteiger partial charge in [-0.3, -0.25) is 4.21 Å². The van der Waals surface area contributed by atoms with Crippen molar-refractivity contribution in [2.75, 3.05) is 5.73 Å². The van der Waals surface area contributed by atoms with Crippen LogP contribution in [0.5, 0.6) is 0 Å². The molecule has 100 valence electrons. The second-order valence-electron chi connectivity index (χ2n) is 4.60. The Balaban J connectivity index is 2.25. The molecular formula is C15H16ClNOS. The van der Waals surface area contributed by atoms with Crippen LogP contribution in [0.3, 0.4) is 0 Å². The highest BCUT2D eigenvalue weighted by Gasteiger charge is 2.09. The van der Waals surface area contributed by atoms with E-state index in [-0.39, 0.29) is 0 Å². The zero-order valence-electron chi connectivity index (χ0n) is 10.9. The summed E-state index contributed by atoms with van der Waals surface area (Å²) < 4.78 is 12.4. The fraction of sp³-hybridized carbons (Fsp3) is 0.200. The normalized spacial score (nSPS) is 12.4. The third kappa shape index (κ3) is 3.37. The molecule has 2 N–H and O–H groups in total. The Morgan fingerprint density at radius 2 is 1.89 bits per heavy atom. The van der Waals surface area contributed by atoms with E-state index in [4.69, 9.17) is 17.3 Å². The first kappa shape index (κ1) is 14.1. The highest BCUT2D eigenvalue weighted by molar-refractivity contribution is 7.84. The van der Waals surface area contributed by atoms with Gasteiger partial charge in [0.05, 0.1) is 27.3 Å². The average Bonchev–Trinajstić information content (AvgIpc) is 2.37. The van der Waals surface area contributed by atoms with Crippen molar-refractivity contribution in [1.82, 2.24) is 0 Å². The van der Waals surface area contributed by atoms with Crippen molar-refractivity contribution in [2.24, 2.45) is 0 Å².